The molecular formula is C9H8F14N2. The minimum absolute atomic E-state index is 2.85. The molecule has 0 aliphatic carbocycles. The second-order valence-corrected chi connectivity index (χ2v) is 4.81. The van der Waals surface area contributed by atoms with Crippen LogP contribution in [0.1, 0.15) is 6.42 Å². The highest BCUT2D eigenvalue weighted by atomic mass is 19.4. The highest BCUT2D eigenvalue weighted by Gasteiger charge is 2.90. The van der Waals surface area contributed by atoms with Crippen LogP contribution in [0.2, 0.25) is 0 Å². The van der Waals surface area contributed by atoms with Crippen LogP contribution < -0.4 is 11.5 Å². The molecule has 0 saturated carbocycles. The molecule has 16 heteroatoms. The van der Waals surface area contributed by atoms with Crippen LogP contribution >= 0.6 is 0 Å². The third-order valence-corrected chi connectivity index (χ3v) is 2.90. The summed E-state index contributed by atoms with van der Waals surface area (Å²) >= 11 is 0. The molecule has 0 heterocycles. The van der Waals surface area contributed by atoms with Gasteiger partial charge in [-0.2, -0.15) is 57.1 Å². The van der Waals surface area contributed by atoms with E-state index in [4.69, 9.17) is 0 Å². The normalized spacial score (nSPS) is 18.2. The molecule has 0 rings (SSSR count). The average molecular weight is 410 g/mol. The molecule has 4 N–H and O–H groups in total. The largest absolute Gasteiger partial charge is 0.460 e. The van der Waals surface area contributed by atoms with Crippen molar-refractivity contribution in [1.82, 2.24) is 0 Å². The molecule has 2 atom stereocenters. The van der Waals surface area contributed by atoms with Crippen molar-refractivity contribution in [3.05, 3.63) is 0 Å². The summed E-state index contributed by atoms with van der Waals surface area (Å²) in [6.07, 6.45) is -13.4. The molecule has 152 valence electrons. The fourth-order valence-corrected chi connectivity index (χ4v) is 1.34. The first kappa shape index (κ1) is 23.9. The molecule has 0 fully saturated rings. The maximum Gasteiger partial charge on any atom is 0.460 e. The van der Waals surface area contributed by atoms with Crippen LogP contribution in [0.15, 0.2) is 0 Å². The Morgan fingerprint density at radius 1 is 0.560 bits per heavy atom. The van der Waals surface area contributed by atoms with Gasteiger partial charge in [-0.25, -0.2) is 4.39 Å². The van der Waals surface area contributed by atoms with Crippen molar-refractivity contribution >= 4 is 0 Å². The summed E-state index contributed by atoms with van der Waals surface area (Å²) in [7, 11) is 0. The van der Waals surface area contributed by atoms with E-state index in [0.29, 0.717) is 0 Å². The van der Waals surface area contributed by atoms with Crippen molar-refractivity contribution in [3.8, 4) is 0 Å². The van der Waals surface area contributed by atoms with Crippen LogP contribution in [-0.4, -0.2) is 48.1 Å². The van der Waals surface area contributed by atoms with Crippen molar-refractivity contribution in [1.29, 1.82) is 0 Å². The molecule has 0 aliphatic rings. The van der Waals surface area contributed by atoms with Crippen molar-refractivity contribution in [2.45, 2.75) is 54.5 Å². The van der Waals surface area contributed by atoms with Crippen LogP contribution in [0.4, 0.5) is 61.5 Å². The van der Waals surface area contributed by atoms with Crippen LogP contribution in [0.3, 0.4) is 0 Å². The molecule has 2 nitrogen and oxygen atoms in total. The molecule has 0 aliphatic heterocycles. The first-order chi connectivity index (χ1) is 10.6. The molecule has 0 aromatic rings. The van der Waals surface area contributed by atoms with Crippen molar-refractivity contribution in [2.24, 2.45) is 11.5 Å². The SMILES string of the molecule is NC(F)C(N)CC(F)(F)C(F)(F)C(F)(F)C(F)(F)C(F)(F)C(F)(F)F. The van der Waals surface area contributed by atoms with Gasteiger partial charge in [0.2, 0.25) is 0 Å². The van der Waals surface area contributed by atoms with E-state index in [0.717, 1.165) is 0 Å². The van der Waals surface area contributed by atoms with Gasteiger partial charge in [-0.15, -0.1) is 0 Å². The standard InChI is InChI=1S/C9H8F14N2/c10-3(25)2(24)1-4(11,12)5(13,14)6(15,16)7(17,18)8(19,20)9(21,22)23/h2-3H,1,24-25H2. The Hall–Kier alpha value is -1.06. The molecular weight excluding hydrogens is 402 g/mol. The van der Waals surface area contributed by atoms with Crippen LogP contribution in [0.5, 0.6) is 0 Å². The summed E-state index contributed by atoms with van der Waals surface area (Å²) in [5.74, 6) is -37.6. The molecule has 2 unspecified atom stereocenters. The van der Waals surface area contributed by atoms with Crippen molar-refractivity contribution in [2.75, 3.05) is 0 Å². The number of alkyl halides is 14. The Kier molecular flexibility index (Phi) is 6.01. The van der Waals surface area contributed by atoms with E-state index in [1.165, 1.54) is 0 Å². The number of hydrogen-bond donors (Lipinski definition) is 2. The fraction of sp³-hybridized carbons (Fsp3) is 1.00. The summed E-state index contributed by atoms with van der Waals surface area (Å²) in [4.78, 5) is 0. The lowest BCUT2D eigenvalue weighted by Gasteiger charge is -2.40. The van der Waals surface area contributed by atoms with Gasteiger partial charge in [-0.3, -0.25) is 0 Å². The first-order valence-electron chi connectivity index (χ1n) is 5.69. The zero-order chi connectivity index (χ0) is 20.9. The average Bonchev–Trinajstić information content (AvgIpc) is 2.35. The van der Waals surface area contributed by atoms with E-state index >= 15 is 0 Å². The Morgan fingerprint density at radius 3 is 1.16 bits per heavy atom. The third kappa shape index (κ3) is 3.59. The summed E-state index contributed by atoms with van der Waals surface area (Å²) in [5.41, 5.74) is 8.67. The third-order valence-electron chi connectivity index (χ3n) is 2.90. The Morgan fingerprint density at radius 2 is 0.880 bits per heavy atom. The highest BCUT2D eigenvalue weighted by molar-refractivity contribution is 5.10. The second kappa shape index (κ2) is 6.28. The van der Waals surface area contributed by atoms with E-state index in [9.17, 15) is 61.5 Å². The lowest BCUT2D eigenvalue weighted by Crippen LogP contribution is -2.70. The van der Waals surface area contributed by atoms with Crippen LogP contribution in [-0.2, 0) is 0 Å². The molecule has 0 aromatic heterocycles. The first-order valence-corrected chi connectivity index (χ1v) is 5.69. The molecule has 0 bridgehead atoms. The van der Waals surface area contributed by atoms with Gasteiger partial charge in [0, 0.05) is 6.42 Å². The highest BCUT2D eigenvalue weighted by Crippen LogP contribution is 2.60. The topological polar surface area (TPSA) is 52.0 Å². The maximum absolute atomic E-state index is 13.1. The molecule has 0 aromatic carbocycles. The van der Waals surface area contributed by atoms with E-state index in [1.807, 2.05) is 0 Å². The fourth-order valence-electron chi connectivity index (χ4n) is 1.34. The van der Waals surface area contributed by atoms with Gasteiger partial charge in [0.15, 0.2) is 6.30 Å². The van der Waals surface area contributed by atoms with Gasteiger partial charge in [0.1, 0.15) is 0 Å². The minimum atomic E-state index is -7.99. The monoisotopic (exact) mass is 410 g/mol. The van der Waals surface area contributed by atoms with E-state index in [-0.39, 0.29) is 0 Å². The smallest absolute Gasteiger partial charge is 0.324 e. The summed E-state index contributed by atoms with van der Waals surface area (Å²) in [6, 6.07) is -2.85. The van der Waals surface area contributed by atoms with Gasteiger partial charge < -0.3 is 11.5 Å². The molecule has 0 radical (unpaired) electrons. The summed E-state index contributed by atoms with van der Waals surface area (Å²) in [5, 5.41) is 0. The molecule has 0 saturated heterocycles. The summed E-state index contributed by atoms with van der Waals surface area (Å²) in [6.45, 7) is 0. The summed E-state index contributed by atoms with van der Waals surface area (Å²) < 4.78 is 177. The van der Waals surface area contributed by atoms with Crippen molar-refractivity contribution in [3.63, 3.8) is 0 Å². The number of halogens is 14. The second-order valence-electron chi connectivity index (χ2n) is 4.81. The van der Waals surface area contributed by atoms with Gasteiger partial charge >= 0.3 is 35.8 Å². The maximum atomic E-state index is 13.1. The Labute approximate surface area is 129 Å². The molecule has 25 heavy (non-hydrogen) atoms. The molecule has 0 amide bonds. The number of hydrogen-bond acceptors (Lipinski definition) is 2. The van der Waals surface area contributed by atoms with Gasteiger partial charge in [0.25, 0.3) is 0 Å². The lowest BCUT2D eigenvalue weighted by molar-refractivity contribution is -0.440. The predicted molar refractivity (Wildman–Crippen MR) is 52.5 cm³/mol. The van der Waals surface area contributed by atoms with Gasteiger partial charge in [-0.05, 0) is 0 Å². The van der Waals surface area contributed by atoms with Crippen LogP contribution in [0, 0.1) is 0 Å². The number of rotatable bonds is 7. The zero-order valence-corrected chi connectivity index (χ0v) is 11.3. The predicted octanol–water partition coefficient (Wildman–Crippen LogP) is 3.70. The Bertz CT molecular complexity index is 467. The van der Waals surface area contributed by atoms with E-state index < -0.39 is 54.5 Å². The number of nitrogens with two attached hydrogens (primary N) is 2. The van der Waals surface area contributed by atoms with Crippen molar-refractivity contribution < 1.29 is 61.5 Å². The van der Waals surface area contributed by atoms with E-state index in [2.05, 4.69) is 11.5 Å². The van der Waals surface area contributed by atoms with E-state index in [1.54, 1.807) is 0 Å². The van der Waals surface area contributed by atoms with Gasteiger partial charge in [-0.1, -0.05) is 0 Å². The molecule has 0 spiro atoms. The lowest BCUT2D eigenvalue weighted by atomic mass is 9.91. The van der Waals surface area contributed by atoms with Gasteiger partial charge in [0.05, 0.1) is 6.04 Å². The van der Waals surface area contributed by atoms with Crippen LogP contribution in [0.25, 0.3) is 0 Å². The zero-order valence-electron chi connectivity index (χ0n) is 11.3. The minimum Gasteiger partial charge on any atom is -0.324 e. The quantitative estimate of drug-likeness (QED) is 0.497. The Balaban J connectivity index is 6.12.